The fourth-order valence-electron chi connectivity index (χ4n) is 3.38. The first-order valence-electron chi connectivity index (χ1n) is 14.2. The van der Waals surface area contributed by atoms with Crippen LogP contribution < -0.4 is 15.3 Å². The van der Waals surface area contributed by atoms with Crippen molar-refractivity contribution in [3.63, 3.8) is 0 Å². The molecule has 0 fully saturated rings. The van der Waals surface area contributed by atoms with E-state index in [9.17, 15) is 29.7 Å². The Kier molecular flexibility index (Phi) is 28.9. The molecule has 7 heteroatoms. The van der Waals surface area contributed by atoms with Gasteiger partial charge in [0.1, 0.15) is 0 Å². The summed E-state index contributed by atoms with van der Waals surface area (Å²) in [5, 5.41) is 31.9. The van der Waals surface area contributed by atoms with Gasteiger partial charge >= 0.3 is 32.7 Å². The monoisotopic (exact) mass is 602 g/mol. The van der Waals surface area contributed by atoms with Gasteiger partial charge in [0.2, 0.25) is 0 Å². The van der Waals surface area contributed by atoms with Crippen LogP contribution in [0.15, 0.2) is 0 Å². The molecule has 0 bridgehead atoms. The normalized spacial score (nSPS) is 12.6. The molecule has 0 amide bonds. The summed E-state index contributed by atoms with van der Waals surface area (Å²) < 4.78 is 0. The fraction of sp³-hybridized carbons (Fsp3) is 0.900. The van der Waals surface area contributed by atoms with E-state index in [4.69, 9.17) is 0 Å². The largest absolute Gasteiger partial charge is 3.00 e. The SMILES string of the molecule is CCCCCC(C)(CC)C(=O)[O-].CCCCCCC(C)(C)C(=O)[O-].CCCCCCC(C)(C)C(=O)[O-].[Y+3]. The maximum absolute atomic E-state index is 10.7. The predicted molar refractivity (Wildman–Crippen MR) is 143 cm³/mol. The standard InChI is InChI=1S/3C10H20O2.Y/c2*1-4-5-6-7-8-10(2,3)9(11)12;1-4-6-7-8-10(3,5-2)9(11)12;/h3*4-8H2,1-3H3,(H,11,12);/q;;;+3/p-3. The molecular weight excluding hydrogens is 545 g/mol. The molecule has 1 atom stereocenters. The molecule has 0 N–H and O–H groups in total. The Morgan fingerprint density at radius 3 is 1.03 bits per heavy atom. The number of unbranched alkanes of at least 4 members (excludes halogenated alkanes) is 8. The Labute approximate surface area is 254 Å². The summed E-state index contributed by atoms with van der Waals surface area (Å²) in [5.41, 5.74) is -1.89. The maximum Gasteiger partial charge on any atom is 3.00 e. The van der Waals surface area contributed by atoms with Crippen molar-refractivity contribution in [1.29, 1.82) is 0 Å². The molecule has 0 aromatic heterocycles. The van der Waals surface area contributed by atoms with Crippen molar-refractivity contribution >= 4 is 17.9 Å². The third-order valence-corrected chi connectivity index (χ3v) is 7.02. The van der Waals surface area contributed by atoms with Gasteiger partial charge in [-0.2, -0.15) is 0 Å². The molecule has 216 valence electrons. The van der Waals surface area contributed by atoms with Crippen LogP contribution in [0.1, 0.15) is 159 Å². The Balaban J connectivity index is -0.000000218. The van der Waals surface area contributed by atoms with Crippen LogP contribution in [-0.4, -0.2) is 17.9 Å². The van der Waals surface area contributed by atoms with Crippen LogP contribution >= 0.6 is 0 Å². The number of aliphatic carboxylic acids is 3. The number of carboxylic acids is 3. The average Bonchev–Trinajstić information content (AvgIpc) is 2.80. The van der Waals surface area contributed by atoms with Gasteiger partial charge in [-0.3, -0.25) is 0 Å². The molecule has 0 rings (SSSR count). The summed E-state index contributed by atoms with van der Waals surface area (Å²) in [5.74, 6) is -2.76. The van der Waals surface area contributed by atoms with E-state index >= 15 is 0 Å². The fourth-order valence-corrected chi connectivity index (χ4v) is 3.38. The number of carbonyl (C=O) groups is 3. The number of hydrogen-bond donors (Lipinski definition) is 0. The smallest absolute Gasteiger partial charge is 0.550 e. The average molecular weight is 603 g/mol. The Hall–Kier alpha value is -0.486. The van der Waals surface area contributed by atoms with Crippen LogP contribution in [0.25, 0.3) is 0 Å². The second-order valence-electron chi connectivity index (χ2n) is 11.6. The molecule has 6 nitrogen and oxygen atoms in total. The molecule has 0 radical (unpaired) electrons. The summed E-state index contributed by atoms with van der Waals surface area (Å²) in [6, 6.07) is 0. The van der Waals surface area contributed by atoms with Crippen molar-refractivity contribution in [3.05, 3.63) is 0 Å². The zero-order valence-corrected chi connectivity index (χ0v) is 28.5. The Morgan fingerprint density at radius 1 is 0.486 bits per heavy atom. The topological polar surface area (TPSA) is 120 Å². The second kappa shape index (κ2) is 24.5. The number of rotatable bonds is 18. The van der Waals surface area contributed by atoms with Crippen LogP contribution in [0.3, 0.4) is 0 Å². The van der Waals surface area contributed by atoms with Gasteiger partial charge in [0.15, 0.2) is 0 Å². The molecule has 0 aliphatic rings. The molecule has 0 aliphatic heterocycles. The minimum Gasteiger partial charge on any atom is -0.550 e. The summed E-state index contributed by atoms with van der Waals surface area (Å²) in [6.45, 7) is 17.0. The zero-order valence-electron chi connectivity index (χ0n) is 25.6. The van der Waals surface area contributed by atoms with Gasteiger partial charge in [-0.05, 0) is 25.7 Å². The van der Waals surface area contributed by atoms with E-state index in [0.717, 1.165) is 64.2 Å². The van der Waals surface area contributed by atoms with Crippen molar-refractivity contribution in [2.75, 3.05) is 0 Å². The van der Waals surface area contributed by atoms with Crippen LogP contribution in [-0.2, 0) is 47.1 Å². The minimum atomic E-state index is -0.931. The van der Waals surface area contributed by atoms with Crippen molar-refractivity contribution < 1.29 is 62.4 Å². The molecule has 0 aromatic rings. The summed E-state index contributed by atoms with van der Waals surface area (Å²) in [6.07, 6.45) is 15.1. The van der Waals surface area contributed by atoms with E-state index in [1.807, 2.05) is 6.92 Å². The van der Waals surface area contributed by atoms with E-state index in [-0.39, 0.29) is 32.7 Å². The van der Waals surface area contributed by atoms with Crippen molar-refractivity contribution in [2.24, 2.45) is 16.2 Å². The van der Waals surface area contributed by atoms with Crippen molar-refractivity contribution in [1.82, 2.24) is 0 Å². The second-order valence-corrected chi connectivity index (χ2v) is 11.6. The van der Waals surface area contributed by atoms with Gasteiger partial charge in [-0.15, -0.1) is 0 Å². The molecular formula is C30H57O6Y. The molecule has 0 heterocycles. The number of carboxylic acid groups (broad SMARTS) is 3. The van der Waals surface area contributed by atoms with Crippen LogP contribution in [0.5, 0.6) is 0 Å². The van der Waals surface area contributed by atoms with E-state index in [0.29, 0.717) is 6.42 Å². The molecule has 0 saturated carbocycles. The van der Waals surface area contributed by atoms with Crippen LogP contribution in [0, 0.1) is 16.2 Å². The van der Waals surface area contributed by atoms with Crippen LogP contribution in [0.2, 0.25) is 0 Å². The number of hydrogen-bond acceptors (Lipinski definition) is 6. The predicted octanol–water partition coefficient (Wildman–Crippen LogP) is 5.20. The van der Waals surface area contributed by atoms with E-state index in [1.165, 1.54) is 25.7 Å². The Bertz CT molecular complexity index is 555. The zero-order chi connectivity index (χ0) is 28.8. The van der Waals surface area contributed by atoms with E-state index in [1.54, 1.807) is 34.6 Å². The van der Waals surface area contributed by atoms with Crippen molar-refractivity contribution in [2.45, 2.75) is 159 Å². The Morgan fingerprint density at radius 2 is 0.784 bits per heavy atom. The van der Waals surface area contributed by atoms with Gasteiger partial charge < -0.3 is 29.7 Å². The van der Waals surface area contributed by atoms with Gasteiger partial charge in [0.25, 0.3) is 0 Å². The van der Waals surface area contributed by atoms with Gasteiger partial charge in [0.05, 0.1) is 0 Å². The summed E-state index contributed by atoms with van der Waals surface area (Å²) in [7, 11) is 0. The molecule has 1 unspecified atom stereocenters. The third-order valence-electron chi connectivity index (χ3n) is 7.02. The quantitative estimate of drug-likeness (QED) is 0.199. The summed E-state index contributed by atoms with van der Waals surface area (Å²) >= 11 is 0. The third kappa shape index (κ3) is 24.3. The van der Waals surface area contributed by atoms with Gasteiger partial charge in [0, 0.05) is 34.2 Å². The maximum atomic E-state index is 10.7. The van der Waals surface area contributed by atoms with Crippen molar-refractivity contribution in [3.8, 4) is 0 Å². The molecule has 37 heavy (non-hydrogen) atoms. The molecule has 0 spiro atoms. The van der Waals surface area contributed by atoms with Crippen LogP contribution in [0.4, 0.5) is 0 Å². The van der Waals surface area contributed by atoms with Gasteiger partial charge in [-0.25, -0.2) is 0 Å². The number of carbonyl (C=O) groups excluding carboxylic acids is 3. The molecule has 0 saturated heterocycles. The summed E-state index contributed by atoms with van der Waals surface area (Å²) in [4.78, 5) is 31.9. The minimum absolute atomic E-state index is 0. The van der Waals surface area contributed by atoms with E-state index in [2.05, 4.69) is 20.8 Å². The molecule has 0 aromatic carbocycles. The van der Waals surface area contributed by atoms with E-state index < -0.39 is 34.2 Å². The first-order chi connectivity index (χ1) is 16.6. The first-order valence-corrected chi connectivity index (χ1v) is 14.2. The van der Waals surface area contributed by atoms with Gasteiger partial charge in [-0.1, -0.05) is 133 Å². The first kappa shape index (κ1) is 43.6. The molecule has 0 aliphatic carbocycles.